The third-order valence-electron chi connectivity index (χ3n) is 4.24. The van der Waals surface area contributed by atoms with Gasteiger partial charge in [-0.05, 0) is 30.7 Å². The monoisotopic (exact) mass is 423 g/mol. The first-order valence-electron chi connectivity index (χ1n) is 8.39. The van der Waals surface area contributed by atoms with Gasteiger partial charge in [0.1, 0.15) is 4.21 Å². The van der Waals surface area contributed by atoms with Crippen LogP contribution in [-0.4, -0.2) is 30.2 Å². The SMILES string of the molecule is CCc1ccc(S(=O)(=O)N2CCc3nc(NC(=O)c4ccco4)sc3C2)s1. The highest BCUT2D eigenvalue weighted by Gasteiger charge is 2.31. The summed E-state index contributed by atoms with van der Waals surface area (Å²) >= 11 is 2.62. The Morgan fingerprint density at radius 3 is 2.89 bits per heavy atom. The first-order chi connectivity index (χ1) is 13.0. The molecule has 4 heterocycles. The highest BCUT2D eigenvalue weighted by Crippen LogP contribution is 2.33. The summed E-state index contributed by atoms with van der Waals surface area (Å²) in [5.74, 6) is -0.168. The van der Waals surface area contributed by atoms with Gasteiger partial charge in [-0.3, -0.25) is 10.1 Å². The summed E-state index contributed by atoms with van der Waals surface area (Å²) in [5, 5.41) is 3.16. The Morgan fingerprint density at radius 1 is 1.33 bits per heavy atom. The molecule has 7 nitrogen and oxygen atoms in total. The van der Waals surface area contributed by atoms with Gasteiger partial charge in [0.25, 0.3) is 15.9 Å². The molecule has 0 spiro atoms. The van der Waals surface area contributed by atoms with E-state index in [-0.39, 0.29) is 18.2 Å². The predicted octanol–water partition coefficient (Wildman–Crippen LogP) is 3.36. The van der Waals surface area contributed by atoms with Gasteiger partial charge in [-0.25, -0.2) is 13.4 Å². The third-order valence-corrected chi connectivity index (χ3v) is 8.78. The number of hydrogen-bond donors (Lipinski definition) is 1. The zero-order valence-electron chi connectivity index (χ0n) is 14.5. The van der Waals surface area contributed by atoms with Crippen molar-refractivity contribution in [2.45, 2.75) is 30.5 Å². The van der Waals surface area contributed by atoms with Gasteiger partial charge in [0, 0.05) is 22.7 Å². The lowest BCUT2D eigenvalue weighted by Crippen LogP contribution is -2.35. The number of hydrogen-bond acceptors (Lipinski definition) is 7. The molecule has 0 saturated heterocycles. The van der Waals surface area contributed by atoms with Crippen molar-refractivity contribution in [1.82, 2.24) is 9.29 Å². The summed E-state index contributed by atoms with van der Waals surface area (Å²) in [6, 6.07) is 6.75. The van der Waals surface area contributed by atoms with Gasteiger partial charge >= 0.3 is 0 Å². The molecule has 0 saturated carbocycles. The van der Waals surface area contributed by atoms with E-state index in [4.69, 9.17) is 4.42 Å². The number of rotatable bonds is 5. The lowest BCUT2D eigenvalue weighted by molar-refractivity contribution is 0.0996. The second-order valence-corrected chi connectivity index (χ2v) is 10.4. The van der Waals surface area contributed by atoms with Crippen LogP contribution in [0.1, 0.15) is 32.9 Å². The van der Waals surface area contributed by atoms with Crippen molar-refractivity contribution in [3.05, 3.63) is 51.7 Å². The molecule has 27 heavy (non-hydrogen) atoms. The van der Waals surface area contributed by atoms with E-state index < -0.39 is 10.0 Å². The number of fused-ring (bicyclic) bond motifs is 1. The number of nitrogens with zero attached hydrogens (tertiary/aromatic N) is 2. The molecular weight excluding hydrogens is 406 g/mol. The third kappa shape index (κ3) is 3.57. The molecule has 0 fully saturated rings. The number of thiazole rings is 1. The summed E-state index contributed by atoms with van der Waals surface area (Å²) in [7, 11) is -3.51. The lowest BCUT2D eigenvalue weighted by Gasteiger charge is -2.24. The number of furan rings is 1. The van der Waals surface area contributed by atoms with Gasteiger partial charge < -0.3 is 4.42 Å². The summed E-state index contributed by atoms with van der Waals surface area (Å²) in [6.07, 6.45) is 2.77. The normalized spacial score (nSPS) is 14.9. The maximum atomic E-state index is 12.9. The van der Waals surface area contributed by atoms with Crippen LogP contribution in [0.2, 0.25) is 0 Å². The Bertz CT molecular complexity index is 1070. The molecule has 1 aliphatic rings. The Kier molecular flexibility index (Phi) is 4.89. The summed E-state index contributed by atoms with van der Waals surface area (Å²) in [4.78, 5) is 18.4. The number of anilines is 1. The molecule has 142 valence electrons. The van der Waals surface area contributed by atoms with E-state index >= 15 is 0 Å². The van der Waals surface area contributed by atoms with Crippen LogP contribution in [0.5, 0.6) is 0 Å². The van der Waals surface area contributed by atoms with Crippen LogP contribution >= 0.6 is 22.7 Å². The fourth-order valence-corrected chi connectivity index (χ4v) is 6.77. The minimum Gasteiger partial charge on any atom is -0.459 e. The molecule has 0 radical (unpaired) electrons. The van der Waals surface area contributed by atoms with E-state index in [9.17, 15) is 13.2 Å². The molecule has 1 aliphatic heterocycles. The number of thiophene rings is 1. The van der Waals surface area contributed by atoms with Crippen LogP contribution in [0, 0.1) is 0 Å². The molecule has 1 N–H and O–H groups in total. The summed E-state index contributed by atoms with van der Waals surface area (Å²) < 4.78 is 32.7. The molecule has 0 atom stereocenters. The van der Waals surface area contributed by atoms with Gasteiger partial charge in [0.15, 0.2) is 10.9 Å². The molecule has 1 amide bonds. The van der Waals surface area contributed by atoms with Crippen molar-refractivity contribution in [2.75, 3.05) is 11.9 Å². The fraction of sp³-hybridized carbons (Fsp3) is 0.294. The van der Waals surface area contributed by atoms with Gasteiger partial charge in [-0.15, -0.1) is 22.7 Å². The van der Waals surface area contributed by atoms with Gasteiger partial charge in [-0.1, -0.05) is 6.92 Å². The standard InChI is InChI=1S/C17H17N3O4S3/c1-2-11-5-6-15(25-11)27(22,23)20-8-7-12-14(10-20)26-17(18-12)19-16(21)13-4-3-9-24-13/h3-6,9H,2,7-8,10H2,1H3,(H,18,19,21). The highest BCUT2D eigenvalue weighted by atomic mass is 32.2. The maximum Gasteiger partial charge on any atom is 0.293 e. The van der Waals surface area contributed by atoms with Crippen LogP contribution in [0.25, 0.3) is 0 Å². The Labute approximate surface area is 164 Å². The number of nitrogens with one attached hydrogen (secondary N) is 1. The van der Waals surface area contributed by atoms with E-state index in [2.05, 4.69) is 10.3 Å². The summed E-state index contributed by atoms with van der Waals surface area (Å²) in [5.41, 5.74) is 0.835. The first-order valence-corrected chi connectivity index (χ1v) is 11.5. The van der Waals surface area contributed by atoms with Crippen molar-refractivity contribution in [3.8, 4) is 0 Å². The topological polar surface area (TPSA) is 92.5 Å². The van der Waals surface area contributed by atoms with Crippen LogP contribution in [0.15, 0.2) is 39.2 Å². The zero-order valence-corrected chi connectivity index (χ0v) is 16.9. The Balaban J connectivity index is 1.51. The zero-order chi connectivity index (χ0) is 19.0. The second kappa shape index (κ2) is 7.19. The average molecular weight is 424 g/mol. The second-order valence-electron chi connectivity index (χ2n) is 5.98. The van der Waals surface area contributed by atoms with Gasteiger partial charge in [0.2, 0.25) is 0 Å². The quantitative estimate of drug-likeness (QED) is 0.679. The fourth-order valence-electron chi connectivity index (χ4n) is 2.81. The Morgan fingerprint density at radius 2 is 2.19 bits per heavy atom. The van der Waals surface area contributed by atoms with Crippen molar-refractivity contribution >= 4 is 43.7 Å². The smallest absolute Gasteiger partial charge is 0.293 e. The van der Waals surface area contributed by atoms with Gasteiger partial charge in [-0.2, -0.15) is 4.31 Å². The van der Waals surface area contributed by atoms with Crippen LogP contribution in [-0.2, 0) is 29.4 Å². The van der Waals surface area contributed by atoms with Crippen molar-refractivity contribution < 1.29 is 17.6 Å². The van der Waals surface area contributed by atoms with E-state index in [1.54, 1.807) is 18.2 Å². The first kappa shape index (κ1) is 18.4. The van der Waals surface area contributed by atoms with E-state index in [0.29, 0.717) is 22.3 Å². The minimum absolute atomic E-state index is 0.205. The average Bonchev–Trinajstić information content (AvgIpc) is 3.39. The number of carbonyl (C=O) groups excluding carboxylic acids is 1. The molecular formula is C17H17N3O4S3. The largest absolute Gasteiger partial charge is 0.459 e. The van der Waals surface area contributed by atoms with Crippen molar-refractivity contribution in [2.24, 2.45) is 0 Å². The molecule has 3 aromatic heterocycles. The molecule has 0 aromatic carbocycles. The van der Waals surface area contributed by atoms with E-state index in [1.165, 1.54) is 33.2 Å². The highest BCUT2D eigenvalue weighted by molar-refractivity contribution is 7.91. The molecule has 0 aliphatic carbocycles. The van der Waals surface area contributed by atoms with Crippen molar-refractivity contribution in [3.63, 3.8) is 0 Å². The predicted molar refractivity (Wildman–Crippen MR) is 104 cm³/mol. The molecule has 4 rings (SSSR count). The number of amides is 1. The summed E-state index contributed by atoms with van der Waals surface area (Å²) in [6.45, 7) is 2.65. The number of carbonyl (C=O) groups is 1. The molecule has 10 heteroatoms. The Hall–Kier alpha value is -2.01. The van der Waals surface area contributed by atoms with Gasteiger partial charge in [0.05, 0.1) is 18.5 Å². The lowest BCUT2D eigenvalue weighted by atomic mass is 10.2. The molecule has 0 unspecified atom stereocenters. The van der Waals surface area contributed by atoms with E-state index in [0.717, 1.165) is 21.9 Å². The minimum atomic E-state index is -3.51. The van der Waals surface area contributed by atoms with Crippen LogP contribution in [0.4, 0.5) is 5.13 Å². The molecule has 3 aromatic rings. The van der Waals surface area contributed by atoms with Crippen molar-refractivity contribution in [1.29, 1.82) is 0 Å². The number of aromatic nitrogens is 1. The number of sulfonamides is 1. The van der Waals surface area contributed by atoms with Crippen LogP contribution < -0.4 is 5.32 Å². The maximum absolute atomic E-state index is 12.9. The molecule has 0 bridgehead atoms. The van der Waals surface area contributed by atoms with E-state index in [1.807, 2.05) is 13.0 Å². The number of aryl methyl sites for hydroxylation is 1. The van der Waals surface area contributed by atoms with Crippen LogP contribution in [0.3, 0.4) is 0 Å².